The maximum absolute atomic E-state index is 5.74. The summed E-state index contributed by atoms with van der Waals surface area (Å²) in [5.74, 6) is 1.70. The average Bonchev–Trinajstić information content (AvgIpc) is 3.17. The molecule has 1 aromatic rings. The fourth-order valence-electron chi connectivity index (χ4n) is 2.70. The van der Waals surface area contributed by atoms with Gasteiger partial charge in [-0.2, -0.15) is 0 Å². The van der Waals surface area contributed by atoms with Crippen LogP contribution in [-0.2, 0) is 0 Å². The van der Waals surface area contributed by atoms with Gasteiger partial charge in [0.1, 0.15) is 0 Å². The van der Waals surface area contributed by atoms with Crippen LogP contribution in [0.2, 0.25) is 0 Å². The molecule has 0 saturated heterocycles. The molecule has 20 heavy (non-hydrogen) atoms. The lowest BCUT2D eigenvalue weighted by Crippen LogP contribution is -2.27. The van der Waals surface area contributed by atoms with Gasteiger partial charge in [-0.15, -0.1) is 0 Å². The van der Waals surface area contributed by atoms with Crippen molar-refractivity contribution in [2.45, 2.75) is 46.6 Å². The van der Waals surface area contributed by atoms with E-state index in [0.717, 1.165) is 18.0 Å². The maximum atomic E-state index is 5.74. The Labute approximate surface area is 122 Å². The van der Waals surface area contributed by atoms with Crippen molar-refractivity contribution < 1.29 is 9.47 Å². The van der Waals surface area contributed by atoms with Crippen LogP contribution < -0.4 is 14.8 Å². The van der Waals surface area contributed by atoms with Crippen LogP contribution in [0.4, 0.5) is 0 Å². The van der Waals surface area contributed by atoms with Gasteiger partial charge in [-0.1, -0.05) is 19.9 Å². The van der Waals surface area contributed by atoms with E-state index in [1.807, 2.05) is 19.9 Å². The Hall–Kier alpha value is -1.22. The molecule has 1 unspecified atom stereocenters. The Morgan fingerprint density at radius 3 is 2.30 bits per heavy atom. The largest absolute Gasteiger partial charge is 0.490 e. The Morgan fingerprint density at radius 2 is 1.75 bits per heavy atom. The van der Waals surface area contributed by atoms with E-state index >= 15 is 0 Å². The third-order valence-electron chi connectivity index (χ3n) is 4.04. The van der Waals surface area contributed by atoms with Gasteiger partial charge >= 0.3 is 0 Å². The lowest BCUT2D eigenvalue weighted by Gasteiger charge is -2.26. The molecule has 0 heterocycles. The van der Waals surface area contributed by atoms with Gasteiger partial charge in [-0.05, 0) is 56.3 Å². The molecule has 1 aliphatic carbocycles. The van der Waals surface area contributed by atoms with Crippen molar-refractivity contribution in [3.05, 3.63) is 23.8 Å². The van der Waals surface area contributed by atoms with E-state index in [1.165, 1.54) is 18.4 Å². The summed E-state index contributed by atoms with van der Waals surface area (Å²) in [6.45, 7) is 10.8. The van der Waals surface area contributed by atoms with Crippen LogP contribution in [-0.4, -0.2) is 19.8 Å². The molecular weight excluding hydrogens is 250 g/mol. The van der Waals surface area contributed by atoms with Crippen LogP contribution in [0, 0.1) is 5.41 Å². The summed E-state index contributed by atoms with van der Waals surface area (Å²) in [7, 11) is 0. The Morgan fingerprint density at radius 1 is 1.10 bits per heavy atom. The summed E-state index contributed by atoms with van der Waals surface area (Å²) in [5.41, 5.74) is 1.70. The van der Waals surface area contributed by atoms with Gasteiger partial charge in [0.15, 0.2) is 11.5 Å². The molecule has 1 aromatic carbocycles. The second-order valence-corrected chi connectivity index (χ2v) is 5.72. The van der Waals surface area contributed by atoms with E-state index in [4.69, 9.17) is 9.47 Å². The van der Waals surface area contributed by atoms with E-state index in [1.54, 1.807) is 0 Å². The lowest BCUT2D eigenvalue weighted by atomic mass is 9.91. The predicted octanol–water partition coefficient (Wildman–Crippen LogP) is 3.93. The first kappa shape index (κ1) is 15.2. The summed E-state index contributed by atoms with van der Waals surface area (Å²) in [6, 6.07) is 6.76. The summed E-state index contributed by atoms with van der Waals surface area (Å²) in [4.78, 5) is 0. The van der Waals surface area contributed by atoms with E-state index in [9.17, 15) is 0 Å². The van der Waals surface area contributed by atoms with Crippen LogP contribution in [0.3, 0.4) is 0 Å². The van der Waals surface area contributed by atoms with E-state index in [2.05, 4.69) is 31.3 Å². The van der Waals surface area contributed by atoms with Gasteiger partial charge < -0.3 is 14.8 Å². The molecule has 0 aliphatic heterocycles. The van der Waals surface area contributed by atoms with Crippen molar-refractivity contribution in [3.8, 4) is 11.5 Å². The summed E-state index contributed by atoms with van der Waals surface area (Å²) < 4.78 is 11.4. The van der Waals surface area contributed by atoms with Gasteiger partial charge in [-0.25, -0.2) is 0 Å². The first-order chi connectivity index (χ1) is 9.64. The Bertz CT molecular complexity index is 441. The summed E-state index contributed by atoms with van der Waals surface area (Å²) in [6.07, 6.45) is 2.59. The van der Waals surface area contributed by atoms with E-state index in [-0.39, 0.29) is 0 Å². The van der Waals surface area contributed by atoms with Gasteiger partial charge in [0.25, 0.3) is 0 Å². The Kier molecular flexibility index (Phi) is 4.92. The minimum absolute atomic E-state index is 0.395. The molecule has 1 aliphatic rings. The number of nitrogens with one attached hydrogen (secondary N) is 1. The SMILES string of the molecule is CCNC(c1ccc(OCC)c(OCC)c1)C1(C)CC1. The highest BCUT2D eigenvalue weighted by molar-refractivity contribution is 5.44. The number of benzene rings is 1. The average molecular weight is 277 g/mol. The molecule has 0 aromatic heterocycles. The fraction of sp³-hybridized carbons (Fsp3) is 0.647. The van der Waals surface area contributed by atoms with Crippen molar-refractivity contribution in [2.75, 3.05) is 19.8 Å². The van der Waals surface area contributed by atoms with Gasteiger partial charge in [0.05, 0.1) is 13.2 Å². The van der Waals surface area contributed by atoms with Crippen molar-refractivity contribution in [1.29, 1.82) is 0 Å². The smallest absolute Gasteiger partial charge is 0.161 e. The van der Waals surface area contributed by atoms with Crippen molar-refractivity contribution in [2.24, 2.45) is 5.41 Å². The van der Waals surface area contributed by atoms with Crippen LogP contribution in [0.25, 0.3) is 0 Å². The van der Waals surface area contributed by atoms with Crippen molar-refractivity contribution in [1.82, 2.24) is 5.32 Å². The van der Waals surface area contributed by atoms with Crippen LogP contribution in [0.1, 0.15) is 52.1 Å². The minimum atomic E-state index is 0.395. The normalized spacial score (nSPS) is 17.6. The summed E-state index contributed by atoms with van der Waals surface area (Å²) in [5, 5.41) is 3.63. The molecular formula is C17H27NO2. The Balaban J connectivity index is 2.28. The first-order valence-electron chi connectivity index (χ1n) is 7.77. The molecule has 0 amide bonds. The topological polar surface area (TPSA) is 30.5 Å². The molecule has 0 bridgehead atoms. The molecule has 3 nitrogen and oxygen atoms in total. The monoisotopic (exact) mass is 277 g/mol. The van der Waals surface area contributed by atoms with E-state index < -0.39 is 0 Å². The highest BCUT2D eigenvalue weighted by atomic mass is 16.5. The quantitative estimate of drug-likeness (QED) is 0.781. The predicted molar refractivity (Wildman–Crippen MR) is 82.5 cm³/mol. The molecule has 1 saturated carbocycles. The lowest BCUT2D eigenvalue weighted by molar-refractivity contribution is 0.286. The van der Waals surface area contributed by atoms with Crippen LogP contribution >= 0.6 is 0 Å². The third-order valence-corrected chi connectivity index (χ3v) is 4.04. The maximum Gasteiger partial charge on any atom is 0.161 e. The molecule has 1 atom stereocenters. The van der Waals surface area contributed by atoms with E-state index in [0.29, 0.717) is 24.7 Å². The highest BCUT2D eigenvalue weighted by Gasteiger charge is 2.45. The van der Waals surface area contributed by atoms with Gasteiger partial charge in [-0.3, -0.25) is 0 Å². The number of rotatable bonds is 8. The minimum Gasteiger partial charge on any atom is -0.490 e. The van der Waals surface area contributed by atoms with Crippen molar-refractivity contribution >= 4 is 0 Å². The molecule has 1 fully saturated rings. The second-order valence-electron chi connectivity index (χ2n) is 5.72. The van der Waals surface area contributed by atoms with Crippen LogP contribution in [0.15, 0.2) is 18.2 Å². The first-order valence-corrected chi connectivity index (χ1v) is 7.77. The standard InChI is InChI=1S/C17H27NO2/c1-5-18-16(17(4)10-11-17)13-8-9-14(19-6-2)15(12-13)20-7-3/h8-9,12,16,18H,5-7,10-11H2,1-4H3. The summed E-state index contributed by atoms with van der Waals surface area (Å²) >= 11 is 0. The molecule has 0 radical (unpaired) electrons. The van der Waals surface area contributed by atoms with Gasteiger partial charge in [0.2, 0.25) is 0 Å². The third kappa shape index (κ3) is 3.26. The number of ether oxygens (including phenoxy) is 2. The highest BCUT2D eigenvalue weighted by Crippen LogP contribution is 2.54. The second kappa shape index (κ2) is 6.49. The molecule has 1 N–H and O–H groups in total. The molecule has 2 rings (SSSR count). The molecule has 3 heteroatoms. The zero-order valence-corrected chi connectivity index (χ0v) is 13.2. The van der Waals surface area contributed by atoms with Gasteiger partial charge in [0, 0.05) is 6.04 Å². The number of hydrogen-bond acceptors (Lipinski definition) is 3. The fourth-order valence-corrected chi connectivity index (χ4v) is 2.70. The zero-order chi connectivity index (χ0) is 14.6. The zero-order valence-electron chi connectivity index (χ0n) is 13.2. The van der Waals surface area contributed by atoms with Crippen molar-refractivity contribution in [3.63, 3.8) is 0 Å². The number of hydrogen-bond donors (Lipinski definition) is 1. The molecule has 0 spiro atoms. The van der Waals surface area contributed by atoms with Crippen LogP contribution in [0.5, 0.6) is 11.5 Å². The molecule has 112 valence electrons.